The molecule has 6 aromatic rings. The molecule has 2 N–H and O–H groups in total. The molecule has 1 aliphatic rings. The Morgan fingerprint density at radius 1 is 0.560 bits per heavy atom. The third-order valence-electron chi connectivity index (χ3n) is 8.31. The topological polar surface area (TPSA) is 75.8 Å². The second-order valence-corrected chi connectivity index (χ2v) is 13.0. The van der Waals surface area contributed by atoms with Crippen LogP contribution in [0.3, 0.4) is 0 Å². The van der Waals surface area contributed by atoms with Crippen molar-refractivity contribution in [2.24, 2.45) is 0 Å². The fraction of sp³-hybridized carbons (Fsp3) is 0.176. The minimum Gasteiger partial charge on any atom is -0.496 e. The first-order chi connectivity index (χ1) is 23.7. The number of halogens is 8. The van der Waals surface area contributed by atoms with Gasteiger partial charge in [-0.1, -0.05) is 0 Å². The summed E-state index contributed by atoms with van der Waals surface area (Å²) in [6.45, 7) is 0. The van der Waals surface area contributed by atoms with Crippen molar-refractivity contribution < 1.29 is 44.6 Å². The van der Waals surface area contributed by atoms with E-state index >= 15 is 17.6 Å². The molecule has 0 atom stereocenters. The van der Waals surface area contributed by atoms with Crippen LogP contribution in [0.25, 0.3) is 54.8 Å². The summed E-state index contributed by atoms with van der Waals surface area (Å²) in [7, 11) is 2.84. The van der Waals surface area contributed by atoms with Gasteiger partial charge in [0.2, 0.25) is 0 Å². The highest BCUT2D eigenvalue weighted by molar-refractivity contribution is 7.14. The minimum absolute atomic E-state index is 0.205. The highest BCUT2D eigenvalue weighted by Gasteiger charge is 2.86. The van der Waals surface area contributed by atoms with Gasteiger partial charge in [0.1, 0.15) is 23.1 Å². The lowest BCUT2D eigenvalue weighted by molar-refractivity contribution is -0.344. The van der Waals surface area contributed by atoms with Crippen LogP contribution in [0, 0.1) is 0 Å². The molecule has 6 nitrogen and oxygen atoms in total. The van der Waals surface area contributed by atoms with Crippen LogP contribution >= 0.6 is 22.7 Å². The number of hydrogen-bond acceptors (Lipinski definition) is 6. The van der Waals surface area contributed by atoms with Crippen molar-refractivity contribution in [1.82, 2.24) is 19.9 Å². The number of allylic oxidation sites excluding steroid dienone is 2. The summed E-state index contributed by atoms with van der Waals surface area (Å²) in [4.78, 5) is 14.6. The van der Waals surface area contributed by atoms with Crippen LogP contribution in [-0.4, -0.2) is 57.8 Å². The Kier molecular flexibility index (Phi) is 7.93. The van der Waals surface area contributed by atoms with Gasteiger partial charge in [0.25, 0.3) is 0 Å². The van der Waals surface area contributed by atoms with Crippen LogP contribution in [0.4, 0.5) is 35.1 Å². The molecule has 0 saturated heterocycles. The van der Waals surface area contributed by atoms with Crippen molar-refractivity contribution in [3.8, 4) is 55.2 Å². The first-order valence-corrected chi connectivity index (χ1v) is 16.3. The highest BCUT2D eigenvalue weighted by Crippen LogP contribution is 2.66. The predicted octanol–water partition coefficient (Wildman–Crippen LogP) is 10.4. The maximum absolute atomic E-state index is 15.8. The maximum Gasteiger partial charge on any atom is 0.382 e. The SMILES string of the molecule is COc1ccc(-c2cc(C3=C(c4csc(-c5ccc(OC)c(-c6ncc[nH]6)c5)c4)C(F)(F)C(F)(F)C(F)(F)C3(F)F)cs2)cc1-c1ncc[nH]1. The average molecular weight is 735 g/mol. The molecule has 0 radical (unpaired) electrons. The molecule has 7 rings (SSSR count). The Morgan fingerprint density at radius 2 is 0.960 bits per heavy atom. The molecule has 4 heterocycles. The Balaban J connectivity index is 1.40. The van der Waals surface area contributed by atoms with E-state index in [-0.39, 0.29) is 9.75 Å². The third-order valence-corrected chi connectivity index (χ3v) is 10.3. The van der Waals surface area contributed by atoms with Gasteiger partial charge in [-0.05, 0) is 81.5 Å². The van der Waals surface area contributed by atoms with E-state index in [1.807, 2.05) is 0 Å². The number of hydrogen-bond donors (Lipinski definition) is 2. The summed E-state index contributed by atoms with van der Waals surface area (Å²) < 4.78 is 134. The molecule has 0 spiro atoms. The summed E-state index contributed by atoms with van der Waals surface area (Å²) in [6.07, 6.45) is 6.09. The largest absolute Gasteiger partial charge is 0.496 e. The van der Waals surface area contributed by atoms with Gasteiger partial charge in [-0.3, -0.25) is 0 Å². The number of benzene rings is 2. The second kappa shape index (κ2) is 11.8. The summed E-state index contributed by atoms with van der Waals surface area (Å²) in [5, 5.41) is 1.94. The Morgan fingerprint density at radius 3 is 1.30 bits per heavy atom. The van der Waals surface area contributed by atoms with E-state index in [4.69, 9.17) is 9.47 Å². The molecule has 0 aliphatic heterocycles. The summed E-state index contributed by atoms with van der Waals surface area (Å²) >= 11 is 1.57. The number of rotatable bonds is 8. The van der Waals surface area contributed by atoms with Crippen molar-refractivity contribution in [2.45, 2.75) is 23.7 Å². The smallest absolute Gasteiger partial charge is 0.382 e. The fourth-order valence-electron chi connectivity index (χ4n) is 5.83. The van der Waals surface area contributed by atoms with Crippen molar-refractivity contribution >= 4 is 33.8 Å². The zero-order valence-corrected chi connectivity index (χ0v) is 27.3. The lowest BCUT2D eigenvalue weighted by Gasteiger charge is -2.44. The van der Waals surface area contributed by atoms with Crippen LogP contribution in [0.1, 0.15) is 11.1 Å². The predicted molar refractivity (Wildman–Crippen MR) is 174 cm³/mol. The molecular formula is C34H22F8N4O2S2. The Labute approximate surface area is 286 Å². The number of nitrogens with one attached hydrogen (secondary N) is 2. The fourth-order valence-corrected chi connectivity index (χ4v) is 7.62. The van der Waals surface area contributed by atoms with Crippen LogP contribution < -0.4 is 9.47 Å². The molecular weight excluding hydrogens is 713 g/mol. The number of alkyl halides is 8. The number of thiophene rings is 2. The molecule has 1 aliphatic carbocycles. The zero-order chi connectivity index (χ0) is 35.6. The zero-order valence-electron chi connectivity index (χ0n) is 25.6. The summed E-state index contributed by atoms with van der Waals surface area (Å²) in [5.74, 6) is -22.7. The average Bonchev–Trinajstić information content (AvgIpc) is 3.93. The van der Waals surface area contributed by atoms with E-state index in [2.05, 4.69) is 19.9 Å². The molecule has 16 heteroatoms. The number of ether oxygens (including phenoxy) is 2. The van der Waals surface area contributed by atoms with E-state index in [1.165, 1.54) is 26.6 Å². The maximum atomic E-state index is 15.8. The molecule has 0 amide bonds. The van der Waals surface area contributed by atoms with Gasteiger partial charge >= 0.3 is 23.7 Å². The normalized spacial score (nSPS) is 17.6. The van der Waals surface area contributed by atoms with E-state index in [0.717, 1.165) is 45.6 Å². The van der Waals surface area contributed by atoms with Gasteiger partial charge in [0.05, 0.1) is 25.3 Å². The molecule has 4 aromatic heterocycles. The quantitative estimate of drug-likeness (QED) is 0.153. The number of methoxy groups -OCH3 is 2. The monoisotopic (exact) mass is 734 g/mol. The van der Waals surface area contributed by atoms with Gasteiger partial charge in [-0.25, -0.2) is 9.97 Å². The molecule has 258 valence electrons. The standard InChI is InChI=1S/C34H22F8N4O2S2/c1-47-23-5-3-17(11-21(23)29-43-7-8-44-29)25-13-19(15-49-25)27-28(32(37,38)34(41,42)33(39,40)31(27,35)36)20-14-26(50-16-20)18-4-6-24(48-2)22(12-18)30-45-9-10-46-30/h3-16H,1-2H3,(H,43,44)(H,45,46). The Hall–Kier alpha value is -4.96. The van der Waals surface area contributed by atoms with E-state index < -0.39 is 46.0 Å². The van der Waals surface area contributed by atoms with Gasteiger partial charge < -0.3 is 19.4 Å². The highest BCUT2D eigenvalue weighted by atomic mass is 32.1. The van der Waals surface area contributed by atoms with Gasteiger partial charge in [-0.2, -0.15) is 35.1 Å². The van der Waals surface area contributed by atoms with E-state index in [1.54, 1.807) is 48.8 Å². The van der Waals surface area contributed by atoms with Crippen molar-refractivity contribution in [2.75, 3.05) is 14.2 Å². The summed E-state index contributed by atoms with van der Waals surface area (Å²) in [6, 6.07) is 11.4. The number of nitrogens with zero attached hydrogens (tertiary/aromatic N) is 2. The molecule has 2 aromatic carbocycles. The van der Waals surface area contributed by atoms with Crippen LogP contribution in [0.5, 0.6) is 11.5 Å². The van der Waals surface area contributed by atoms with Crippen molar-refractivity contribution in [3.05, 3.63) is 95.2 Å². The number of aromatic amines is 2. The first kappa shape index (κ1) is 33.5. The van der Waals surface area contributed by atoms with Crippen molar-refractivity contribution in [3.63, 3.8) is 0 Å². The van der Waals surface area contributed by atoms with Crippen LogP contribution in [0.2, 0.25) is 0 Å². The van der Waals surface area contributed by atoms with Crippen LogP contribution in [0.15, 0.2) is 84.1 Å². The van der Waals surface area contributed by atoms with Gasteiger partial charge in [-0.15, -0.1) is 22.7 Å². The molecule has 0 saturated carbocycles. The Bertz CT molecular complexity index is 2070. The summed E-state index contributed by atoms with van der Waals surface area (Å²) in [5.41, 5.74) is -3.62. The second-order valence-electron chi connectivity index (χ2n) is 11.2. The number of H-pyrrole nitrogens is 2. The minimum atomic E-state index is -6.44. The van der Waals surface area contributed by atoms with Crippen molar-refractivity contribution in [1.29, 1.82) is 0 Å². The lowest BCUT2D eigenvalue weighted by Crippen LogP contribution is -2.66. The van der Waals surface area contributed by atoms with Gasteiger partial charge in [0.15, 0.2) is 0 Å². The number of aromatic nitrogens is 4. The third kappa shape index (κ3) is 4.94. The van der Waals surface area contributed by atoms with E-state index in [9.17, 15) is 17.6 Å². The first-order valence-electron chi connectivity index (χ1n) is 14.5. The lowest BCUT2D eigenvalue weighted by atomic mass is 9.75. The molecule has 0 unspecified atom stereocenters. The van der Waals surface area contributed by atoms with Crippen LogP contribution in [-0.2, 0) is 0 Å². The molecule has 50 heavy (non-hydrogen) atoms. The van der Waals surface area contributed by atoms with Gasteiger partial charge in [0, 0.05) is 45.7 Å². The number of imidazole rings is 2. The molecule has 0 bridgehead atoms. The molecule has 0 fully saturated rings. The van der Waals surface area contributed by atoms with E-state index in [0.29, 0.717) is 45.4 Å².